The minimum atomic E-state index is -0.343. The van der Waals surface area contributed by atoms with Gasteiger partial charge in [0.15, 0.2) is 11.5 Å². The van der Waals surface area contributed by atoms with Crippen molar-refractivity contribution in [2.24, 2.45) is 0 Å². The van der Waals surface area contributed by atoms with E-state index in [0.717, 1.165) is 50.4 Å². The molecule has 1 aromatic rings. The van der Waals surface area contributed by atoms with Crippen LogP contribution in [-0.2, 0) is 20.9 Å². The third-order valence-corrected chi connectivity index (χ3v) is 3.98. The maximum Gasteiger partial charge on any atom is 0.311 e. The highest BCUT2D eigenvalue weighted by Gasteiger charge is 2.14. The monoisotopic (exact) mass is 413 g/mol. The van der Waals surface area contributed by atoms with Crippen molar-refractivity contribution in [2.75, 3.05) is 6.54 Å². The first-order valence-corrected chi connectivity index (χ1v) is 9.79. The third-order valence-electron chi connectivity index (χ3n) is 3.98. The van der Waals surface area contributed by atoms with Crippen molar-refractivity contribution in [1.82, 2.24) is 5.32 Å². The van der Waals surface area contributed by atoms with Crippen molar-refractivity contribution in [1.29, 1.82) is 0 Å². The molecule has 28 heavy (non-hydrogen) atoms. The van der Waals surface area contributed by atoms with Gasteiger partial charge in [-0.05, 0) is 30.5 Å². The highest BCUT2D eigenvalue weighted by Crippen LogP contribution is 2.29. The molecular formula is C21H32ClNO5. The van der Waals surface area contributed by atoms with Gasteiger partial charge >= 0.3 is 11.9 Å². The lowest BCUT2D eigenvalue weighted by Crippen LogP contribution is -2.16. The van der Waals surface area contributed by atoms with Gasteiger partial charge < -0.3 is 19.6 Å². The maximum absolute atomic E-state index is 12.1. The fraction of sp³-hybridized carbons (Fsp3) is 0.571. The van der Waals surface area contributed by atoms with E-state index >= 15 is 0 Å². The minimum absolute atomic E-state index is 0. The van der Waals surface area contributed by atoms with E-state index in [9.17, 15) is 14.4 Å². The van der Waals surface area contributed by atoms with Crippen LogP contribution in [0.5, 0.6) is 11.5 Å². The van der Waals surface area contributed by atoms with Gasteiger partial charge in [-0.15, -0.1) is 12.4 Å². The molecular weight excluding hydrogens is 382 g/mol. The summed E-state index contributed by atoms with van der Waals surface area (Å²) in [6.07, 6.45) is 6.95. The Hall–Kier alpha value is -1.92. The van der Waals surface area contributed by atoms with Crippen LogP contribution >= 0.6 is 12.4 Å². The van der Waals surface area contributed by atoms with E-state index in [2.05, 4.69) is 19.2 Å². The zero-order chi connectivity index (χ0) is 19.9. The Bertz CT molecular complexity index is 606. The largest absolute Gasteiger partial charge is 0.423 e. The molecule has 158 valence electrons. The Labute approximate surface area is 173 Å². The van der Waals surface area contributed by atoms with Crippen molar-refractivity contribution < 1.29 is 23.9 Å². The summed E-state index contributed by atoms with van der Waals surface area (Å²) in [4.78, 5) is 34.5. The van der Waals surface area contributed by atoms with Gasteiger partial charge in [0, 0.05) is 19.4 Å². The van der Waals surface area contributed by atoms with E-state index in [1.54, 1.807) is 18.2 Å². The highest BCUT2D eigenvalue weighted by atomic mass is 35.5. The summed E-state index contributed by atoms with van der Waals surface area (Å²) in [5.74, 6) is -0.187. The number of ether oxygens (including phenoxy) is 2. The highest BCUT2D eigenvalue weighted by molar-refractivity contribution is 5.85. The first-order valence-electron chi connectivity index (χ1n) is 9.79. The van der Waals surface area contributed by atoms with Crippen LogP contribution in [0.25, 0.3) is 0 Å². The zero-order valence-electron chi connectivity index (χ0n) is 16.8. The molecule has 0 saturated carbocycles. The summed E-state index contributed by atoms with van der Waals surface area (Å²) in [6, 6.07) is 5.08. The van der Waals surface area contributed by atoms with E-state index in [4.69, 9.17) is 9.47 Å². The van der Waals surface area contributed by atoms with E-state index in [-0.39, 0.29) is 42.4 Å². The molecule has 0 atom stereocenters. The first kappa shape index (κ1) is 26.1. The van der Waals surface area contributed by atoms with Crippen LogP contribution in [0, 0.1) is 0 Å². The summed E-state index contributed by atoms with van der Waals surface area (Å²) < 4.78 is 10.9. The number of unbranched alkanes of at least 4 members (excludes halogenated alkanes) is 4. The molecule has 1 aromatic carbocycles. The zero-order valence-corrected chi connectivity index (χ0v) is 17.6. The second kappa shape index (κ2) is 16.1. The predicted molar refractivity (Wildman–Crippen MR) is 111 cm³/mol. The van der Waals surface area contributed by atoms with Crippen LogP contribution in [0.4, 0.5) is 0 Å². The standard InChI is InChI=1S/C21H31NO5.ClH/c1-3-5-7-9-20(24)26-18-12-11-17(16-22-13-14-23)15-19(18)27-21(25)10-8-6-4-2;/h11-12,14-15,22H,3-10,13,16H2,1-2H3;1H. The molecule has 6 nitrogen and oxygen atoms in total. The first-order chi connectivity index (χ1) is 13.1. The van der Waals surface area contributed by atoms with Crippen molar-refractivity contribution >= 4 is 30.6 Å². The van der Waals surface area contributed by atoms with Crippen molar-refractivity contribution in [3.8, 4) is 11.5 Å². The Kier molecular flexibility index (Phi) is 15.0. The molecule has 7 heteroatoms. The Morgan fingerprint density at radius 2 is 1.50 bits per heavy atom. The molecule has 0 spiro atoms. The third kappa shape index (κ3) is 11.0. The van der Waals surface area contributed by atoms with E-state index in [1.165, 1.54) is 0 Å². The summed E-state index contributed by atoms with van der Waals surface area (Å²) in [7, 11) is 0. The average molecular weight is 414 g/mol. The topological polar surface area (TPSA) is 81.7 Å². The number of aldehydes is 1. The number of carbonyl (C=O) groups is 3. The van der Waals surface area contributed by atoms with Gasteiger partial charge in [-0.25, -0.2) is 0 Å². The summed E-state index contributed by atoms with van der Waals surface area (Å²) in [6.45, 7) is 4.82. The molecule has 0 aromatic heterocycles. The Morgan fingerprint density at radius 1 is 0.929 bits per heavy atom. The van der Waals surface area contributed by atoms with Crippen LogP contribution < -0.4 is 14.8 Å². The predicted octanol–water partition coefficient (Wildman–Crippen LogP) is 4.37. The van der Waals surface area contributed by atoms with Gasteiger partial charge in [0.1, 0.15) is 6.29 Å². The molecule has 0 saturated heterocycles. The number of rotatable bonds is 14. The van der Waals surface area contributed by atoms with E-state index in [0.29, 0.717) is 19.4 Å². The van der Waals surface area contributed by atoms with Crippen LogP contribution in [0.2, 0.25) is 0 Å². The lowest BCUT2D eigenvalue weighted by molar-refractivity contribution is -0.137. The number of nitrogens with one attached hydrogen (secondary N) is 1. The molecule has 0 aliphatic carbocycles. The Morgan fingerprint density at radius 3 is 2.04 bits per heavy atom. The van der Waals surface area contributed by atoms with Gasteiger partial charge in [-0.1, -0.05) is 45.6 Å². The smallest absolute Gasteiger partial charge is 0.311 e. The number of benzene rings is 1. The van der Waals surface area contributed by atoms with Gasteiger partial charge in [0.05, 0.1) is 6.54 Å². The van der Waals surface area contributed by atoms with Crippen molar-refractivity contribution in [3.63, 3.8) is 0 Å². The number of hydrogen-bond donors (Lipinski definition) is 1. The van der Waals surface area contributed by atoms with E-state index in [1.807, 2.05) is 0 Å². The molecule has 0 amide bonds. The molecule has 0 radical (unpaired) electrons. The quantitative estimate of drug-likeness (QED) is 0.211. The number of halogens is 1. The molecule has 0 bridgehead atoms. The summed E-state index contributed by atoms with van der Waals surface area (Å²) >= 11 is 0. The Balaban J connectivity index is 0.00000729. The van der Waals surface area contributed by atoms with Gasteiger partial charge in [0.2, 0.25) is 0 Å². The number of hydrogen-bond acceptors (Lipinski definition) is 6. The summed E-state index contributed by atoms with van der Waals surface area (Å²) in [5.41, 5.74) is 0.832. The molecule has 1 N–H and O–H groups in total. The number of esters is 2. The lowest BCUT2D eigenvalue weighted by atomic mass is 10.2. The molecule has 0 heterocycles. The van der Waals surface area contributed by atoms with Crippen LogP contribution in [-0.4, -0.2) is 24.8 Å². The molecule has 1 rings (SSSR count). The van der Waals surface area contributed by atoms with Crippen LogP contribution in [0.3, 0.4) is 0 Å². The van der Waals surface area contributed by atoms with Crippen molar-refractivity contribution in [2.45, 2.75) is 71.8 Å². The van der Waals surface area contributed by atoms with Crippen LogP contribution in [0.1, 0.15) is 70.8 Å². The number of carbonyl (C=O) groups excluding carboxylic acids is 3. The maximum atomic E-state index is 12.1. The average Bonchev–Trinajstić information content (AvgIpc) is 2.64. The van der Waals surface area contributed by atoms with Gasteiger partial charge in [-0.3, -0.25) is 9.59 Å². The molecule has 0 unspecified atom stereocenters. The molecule has 0 aliphatic heterocycles. The summed E-state index contributed by atoms with van der Waals surface area (Å²) in [5, 5.41) is 2.95. The normalized spacial score (nSPS) is 10.1. The molecule has 0 fully saturated rings. The fourth-order valence-corrected chi connectivity index (χ4v) is 2.49. The SMILES string of the molecule is CCCCCC(=O)Oc1ccc(CNCC=O)cc1OC(=O)CCCCC.Cl. The minimum Gasteiger partial charge on any atom is -0.423 e. The lowest BCUT2D eigenvalue weighted by Gasteiger charge is -2.12. The second-order valence-electron chi connectivity index (χ2n) is 6.44. The van der Waals surface area contributed by atoms with Gasteiger partial charge in [0.25, 0.3) is 0 Å². The van der Waals surface area contributed by atoms with Gasteiger partial charge in [-0.2, -0.15) is 0 Å². The fourth-order valence-electron chi connectivity index (χ4n) is 2.49. The molecule has 0 aliphatic rings. The van der Waals surface area contributed by atoms with Crippen LogP contribution in [0.15, 0.2) is 18.2 Å². The second-order valence-corrected chi connectivity index (χ2v) is 6.44. The van der Waals surface area contributed by atoms with Crippen molar-refractivity contribution in [3.05, 3.63) is 23.8 Å². The van der Waals surface area contributed by atoms with E-state index < -0.39 is 0 Å².